The molecule has 0 unspecified atom stereocenters. The van der Waals surface area contributed by atoms with Crippen LogP contribution in [0.5, 0.6) is 0 Å². The fourth-order valence-corrected chi connectivity index (χ4v) is 1.31. The summed E-state index contributed by atoms with van der Waals surface area (Å²) in [5.74, 6) is 2.49. The minimum Gasteiger partial charge on any atom is -0.462 e. The van der Waals surface area contributed by atoms with E-state index in [-0.39, 0.29) is 6.61 Å². The Kier molecular flexibility index (Phi) is 3.33. The van der Waals surface area contributed by atoms with Gasteiger partial charge in [0, 0.05) is 0 Å². The molecule has 0 atom stereocenters. The summed E-state index contributed by atoms with van der Waals surface area (Å²) >= 11 is 0. The highest BCUT2D eigenvalue weighted by atomic mass is 16.5. The molecule has 86 valence electrons. The lowest BCUT2D eigenvalue weighted by Crippen LogP contribution is -2.12. The molecule has 0 radical (unpaired) electrons. The Bertz CT molecular complexity index is 450. The molecule has 6 nitrogen and oxygen atoms in total. The predicted octanol–water partition coefficient (Wildman–Crippen LogP) is 0.753. The van der Waals surface area contributed by atoms with E-state index in [1.165, 1.54) is 0 Å². The van der Waals surface area contributed by atoms with Crippen LogP contribution in [0.2, 0.25) is 0 Å². The number of aliphatic hydroxyl groups is 1. The van der Waals surface area contributed by atoms with E-state index >= 15 is 0 Å². The molecule has 0 aliphatic heterocycles. The molecule has 0 saturated carbocycles. The van der Waals surface area contributed by atoms with Gasteiger partial charge in [0.15, 0.2) is 5.82 Å². The van der Waals surface area contributed by atoms with E-state index in [1.54, 1.807) is 13.0 Å². The number of hydrogen-bond donors (Lipinski definition) is 2. The first-order chi connectivity index (χ1) is 7.78. The SMILES string of the molecule is Cc1noc(CNCc2ccc(CO)o2)n1. The van der Waals surface area contributed by atoms with Gasteiger partial charge < -0.3 is 19.4 Å². The highest BCUT2D eigenvalue weighted by Crippen LogP contribution is 2.07. The Balaban J connectivity index is 1.79. The van der Waals surface area contributed by atoms with Crippen molar-refractivity contribution in [1.29, 1.82) is 0 Å². The number of nitrogens with one attached hydrogen (secondary N) is 1. The molecule has 2 heterocycles. The highest BCUT2D eigenvalue weighted by Gasteiger charge is 2.03. The van der Waals surface area contributed by atoms with Gasteiger partial charge in [0.25, 0.3) is 0 Å². The van der Waals surface area contributed by atoms with Crippen molar-refractivity contribution >= 4 is 0 Å². The maximum absolute atomic E-state index is 8.81. The van der Waals surface area contributed by atoms with Crippen LogP contribution in [0.3, 0.4) is 0 Å². The average molecular weight is 223 g/mol. The Hall–Kier alpha value is -1.66. The molecule has 2 N–H and O–H groups in total. The van der Waals surface area contributed by atoms with Crippen LogP contribution in [0, 0.1) is 6.92 Å². The Labute approximate surface area is 92.3 Å². The van der Waals surface area contributed by atoms with Crippen LogP contribution in [-0.4, -0.2) is 15.2 Å². The van der Waals surface area contributed by atoms with Gasteiger partial charge in [-0.15, -0.1) is 0 Å². The van der Waals surface area contributed by atoms with E-state index in [9.17, 15) is 0 Å². The zero-order chi connectivity index (χ0) is 11.4. The van der Waals surface area contributed by atoms with Gasteiger partial charge in [0.1, 0.15) is 18.1 Å². The molecule has 0 amide bonds. The second-order valence-corrected chi connectivity index (χ2v) is 3.37. The van der Waals surface area contributed by atoms with Crippen LogP contribution < -0.4 is 5.32 Å². The van der Waals surface area contributed by atoms with Crippen LogP contribution in [0.15, 0.2) is 21.1 Å². The number of rotatable bonds is 5. The molecule has 0 saturated heterocycles. The molecule has 0 spiro atoms. The molecule has 2 rings (SSSR count). The Morgan fingerprint density at radius 1 is 1.31 bits per heavy atom. The third kappa shape index (κ3) is 2.68. The number of hydrogen-bond acceptors (Lipinski definition) is 6. The molecule has 0 fully saturated rings. The van der Waals surface area contributed by atoms with E-state index in [4.69, 9.17) is 14.0 Å². The number of furan rings is 1. The van der Waals surface area contributed by atoms with E-state index in [2.05, 4.69) is 15.5 Å². The molecular weight excluding hydrogens is 210 g/mol. The lowest BCUT2D eigenvalue weighted by molar-refractivity contribution is 0.242. The fraction of sp³-hybridized carbons (Fsp3) is 0.400. The third-order valence-electron chi connectivity index (χ3n) is 2.02. The van der Waals surface area contributed by atoms with Crippen LogP contribution in [0.4, 0.5) is 0 Å². The van der Waals surface area contributed by atoms with Crippen molar-refractivity contribution in [2.24, 2.45) is 0 Å². The summed E-state index contributed by atoms with van der Waals surface area (Å²) in [7, 11) is 0. The molecule has 0 bridgehead atoms. The summed E-state index contributed by atoms with van der Waals surface area (Å²) in [6.07, 6.45) is 0. The summed E-state index contributed by atoms with van der Waals surface area (Å²) < 4.78 is 10.2. The van der Waals surface area contributed by atoms with Gasteiger partial charge in [0.05, 0.1) is 13.1 Å². The highest BCUT2D eigenvalue weighted by molar-refractivity contribution is 5.06. The molecule has 0 aliphatic rings. The minimum absolute atomic E-state index is 0.0805. The van der Waals surface area contributed by atoms with Crippen molar-refractivity contribution in [3.8, 4) is 0 Å². The standard InChI is InChI=1S/C10H13N3O3/c1-7-12-10(16-13-7)5-11-4-8-2-3-9(6-14)15-8/h2-3,11,14H,4-6H2,1H3. The van der Waals surface area contributed by atoms with Gasteiger partial charge in [-0.2, -0.15) is 4.98 Å². The first-order valence-electron chi connectivity index (χ1n) is 4.96. The second-order valence-electron chi connectivity index (χ2n) is 3.37. The van der Waals surface area contributed by atoms with Gasteiger partial charge in [-0.1, -0.05) is 5.16 Å². The number of aromatic nitrogens is 2. The lowest BCUT2D eigenvalue weighted by atomic mass is 10.4. The first-order valence-corrected chi connectivity index (χ1v) is 4.96. The summed E-state index contributed by atoms with van der Waals surface area (Å²) in [4.78, 5) is 4.05. The van der Waals surface area contributed by atoms with Crippen LogP contribution in [-0.2, 0) is 19.7 Å². The van der Waals surface area contributed by atoms with Crippen molar-refractivity contribution in [1.82, 2.24) is 15.5 Å². The fourth-order valence-electron chi connectivity index (χ4n) is 1.31. The van der Waals surface area contributed by atoms with Gasteiger partial charge >= 0.3 is 0 Å². The van der Waals surface area contributed by atoms with Crippen molar-refractivity contribution in [2.45, 2.75) is 26.6 Å². The molecule has 2 aromatic heterocycles. The number of aryl methyl sites for hydroxylation is 1. The summed E-state index contributed by atoms with van der Waals surface area (Å²) in [5.41, 5.74) is 0. The molecule has 2 aromatic rings. The topological polar surface area (TPSA) is 84.3 Å². The molecule has 0 aliphatic carbocycles. The summed E-state index contributed by atoms with van der Waals surface area (Å²) in [5, 5.41) is 15.6. The summed E-state index contributed by atoms with van der Waals surface area (Å²) in [6.45, 7) is 2.74. The maximum atomic E-state index is 8.81. The van der Waals surface area contributed by atoms with Crippen LogP contribution in [0.1, 0.15) is 23.2 Å². The minimum atomic E-state index is -0.0805. The molecule has 6 heteroatoms. The van der Waals surface area contributed by atoms with Crippen molar-refractivity contribution in [3.63, 3.8) is 0 Å². The molecule has 16 heavy (non-hydrogen) atoms. The Morgan fingerprint density at radius 3 is 2.75 bits per heavy atom. The first kappa shape index (κ1) is 10.8. The van der Waals surface area contributed by atoms with E-state index < -0.39 is 0 Å². The van der Waals surface area contributed by atoms with E-state index in [1.807, 2.05) is 6.07 Å². The van der Waals surface area contributed by atoms with Gasteiger partial charge in [0.2, 0.25) is 5.89 Å². The second kappa shape index (κ2) is 4.91. The molecular formula is C10H13N3O3. The third-order valence-corrected chi connectivity index (χ3v) is 2.02. The van der Waals surface area contributed by atoms with E-state index in [0.717, 1.165) is 5.76 Å². The smallest absolute Gasteiger partial charge is 0.240 e. The monoisotopic (exact) mass is 223 g/mol. The Morgan fingerprint density at radius 2 is 2.12 bits per heavy atom. The lowest BCUT2D eigenvalue weighted by Gasteiger charge is -1.97. The predicted molar refractivity (Wildman–Crippen MR) is 54.2 cm³/mol. The van der Waals surface area contributed by atoms with Gasteiger partial charge in [-0.25, -0.2) is 0 Å². The zero-order valence-electron chi connectivity index (χ0n) is 8.93. The van der Waals surface area contributed by atoms with Crippen LogP contribution in [0.25, 0.3) is 0 Å². The van der Waals surface area contributed by atoms with Crippen molar-refractivity contribution in [2.75, 3.05) is 0 Å². The van der Waals surface area contributed by atoms with E-state index in [0.29, 0.717) is 30.6 Å². The van der Waals surface area contributed by atoms with Crippen molar-refractivity contribution < 1.29 is 14.0 Å². The zero-order valence-corrected chi connectivity index (χ0v) is 8.93. The quantitative estimate of drug-likeness (QED) is 0.778. The number of nitrogens with zero attached hydrogens (tertiary/aromatic N) is 2. The summed E-state index contributed by atoms with van der Waals surface area (Å²) in [6, 6.07) is 3.56. The molecule has 0 aromatic carbocycles. The van der Waals surface area contributed by atoms with Gasteiger partial charge in [-0.05, 0) is 19.1 Å². The maximum Gasteiger partial charge on any atom is 0.240 e. The normalized spacial score (nSPS) is 10.9. The number of aliphatic hydroxyl groups excluding tert-OH is 1. The van der Waals surface area contributed by atoms with Crippen LogP contribution >= 0.6 is 0 Å². The average Bonchev–Trinajstić information content (AvgIpc) is 2.88. The van der Waals surface area contributed by atoms with Crippen molar-refractivity contribution in [3.05, 3.63) is 35.4 Å². The van der Waals surface area contributed by atoms with Gasteiger partial charge in [-0.3, -0.25) is 0 Å². The largest absolute Gasteiger partial charge is 0.462 e.